The number of nitrogens with one attached hydrogen (secondary N) is 4. The van der Waals surface area contributed by atoms with Crippen LogP contribution in [0, 0.1) is 46.3 Å². The Balaban J connectivity index is 0.000000167. The summed E-state index contributed by atoms with van der Waals surface area (Å²) in [6.45, 7) is 8.30. The number of fused-ring (bicyclic) bond motifs is 2. The van der Waals surface area contributed by atoms with Gasteiger partial charge in [-0.2, -0.15) is 20.7 Å². The predicted octanol–water partition coefficient (Wildman–Crippen LogP) is 5.65. The lowest BCUT2D eigenvalue weighted by atomic mass is 10.0. The van der Waals surface area contributed by atoms with Gasteiger partial charge in [0.05, 0.1) is 59.6 Å². The van der Waals surface area contributed by atoms with Crippen molar-refractivity contribution in [2.45, 2.75) is 52.4 Å². The minimum absolute atomic E-state index is 0.174. The third kappa shape index (κ3) is 7.09. The van der Waals surface area contributed by atoms with Crippen LogP contribution in [0.15, 0.2) is 49.1 Å². The molecule has 2 fully saturated rings. The standard InChI is InChI=1S/2C19H19N7O/c2*1-9(2)17-14(8-23-26-17)15-4-10-5-16(22-7-13(10)18(21)24-15)25-19(27)12-3-11(12)6-20/h2*4-5,7-9,11-12H,3H2,1-2H3,(H2,21,24)(H,23,26)(H,22,25,27)/t11-,12?;11-,12+/m10/s1. The fraction of sp³-hybridized carbons (Fsp3) is 0.316. The second kappa shape index (κ2) is 14.2. The largest absolute Gasteiger partial charge is 0.383 e. The highest BCUT2D eigenvalue weighted by molar-refractivity contribution is 6.00. The maximum absolute atomic E-state index is 12.2. The second-order valence-electron chi connectivity index (χ2n) is 14.2. The van der Waals surface area contributed by atoms with E-state index in [2.05, 4.69) is 90.8 Å². The van der Waals surface area contributed by atoms with Crippen LogP contribution in [0.25, 0.3) is 44.1 Å². The van der Waals surface area contributed by atoms with Crippen LogP contribution in [0.3, 0.4) is 0 Å². The molecule has 2 aliphatic rings. The highest BCUT2D eigenvalue weighted by Gasteiger charge is 2.44. The Bertz CT molecular complexity index is 2330. The van der Waals surface area contributed by atoms with Crippen LogP contribution in [0.1, 0.15) is 63.8 Å². The average molecular weight is 723 g/mol. The van der Waals surface area contributed by atoms with E-state index in [0.29, 0.717) is 58.3 Å². The van der Waals surface area contributed by atoms with Crippen molar-refractivity contribution in [1.29, 1.82) is 10.5 Å². The van der Waals surface area contributed by atoms with Gasteiger partial charge in [0.15, 0.2) is 0 Å². The molecule has 0 radical (unpaired) electrons. The number of anilines is 4. The smallest absolute Gasteiger partial charge is 0.230 e. The number of pyridine rings is 4. The molecule has 6 aromatic rings. The summed E-state index contributed by atoms with van der Waals surface area (Å²) in [5, 5.41) is 40.7. The third-order valence-electron chi connectivity index (χ3n) is 9.62. The number of nitrogen functional groups attached to an aromatic ring is 2. The zero-order valence-electron chi connectivity index (χ0n) is 30.0. The molecule has 272 valence electrons. The zero-order chi connectivity index (χ0) is 38.3. The van der Waals surface area contributed by atoms with E-state index < -0.39 is 0 Å². The monoisotopic (exact) mass is 722 g/mol. The van der Waals surface area contributed by atoms with Gasteiger partial charge in [0, 0.05) is 45.7 Å². The molecule has 1 unspecified atom stereocenters. The molecule has 16 heteroatoms. The Kier molecular flexibility index (Phi) is 9.35. The molecule has 6 heterocycles. The molecule has 0 spiro atoms. The van der Waals surface area contributed by atoms with Crippen LogP contribution >= 0.6 is 0 Å². The molecule has 2 amide bonds. The lowest BCUT2D eigenvalue weighted by Crippen LogP contribution is -2.15. The number of nitrogens with zero attached hydrogens (tertiary/aromatic N) is 8. The Morgan fingerprint density at radius 1 is 0.704 bits per heavy atom. The van der Waals surface area contributed by atoms with Crippen molar-refractivity contribution in [3.63, 3.8) is 0 Å². The van der Waals surface area contributed by atoms with Gasteiger partial charge in [0.1, 0.15) is 23.3 Å². The molecule has 0 saturated heterocycles. The van der Waals surface area contributed by atoms with Crippen LogP contribution in [-0.4, -0.2) is 52.1 Å². The number of carbonyl (C=O) groups excluding carboxylic acids is 2. The Morgan fingerprint density at radius 2 is 1.11 bits per heavy atom. The molecular weight excluding hydrogens is 685 g/mol. The first-order valence-electron chi connectivity index (χ1n) is 17.6. The number of H-pyrrole nitrogens is 2. The summed E-state index contributed by atoms with van der Waals surface area (Å²) in [6.07, 6.45) is 7.89. The van der Waals surface area contributed by atoms with Crippen LogP contribution < -0.4 is 22.1 Å². The quantitative estimate of drug-likeness (QED) is 0.111. The number of aromatic nitrogens is 8. The first-order valence-corrected chi connectivity index (χ1v) is 17.6. The number of nitriles is 2. The Labute approximate surface area is 309 Å². The zero-order valence-corrected chi connectivity index (χ0v) is 30.0. The Hall–Kier alpha value is -6.94. The van der Waals surface area contributed by atoms with Gasteiger partial charge in [-0.3, -0.25) is 19.8 Å². The molecule has 8 N–H and O–H groups in total. The third-order valence-corrected chi connectivity index (χ3v) is 9.62. The lowest BCUT2D eigenvalue weighted by Gasteiger charge is -2.10. The van der Waals surface area contributed by atoms with Crippen LogP contribution in [0.4, 0.5) is 23.3 Å². The van der Waals surface area contributed by atoms with Gasteiger partial charge in [-0.25, -0.2) is 19.9 Å². The molecular formula is C38H38N14O2. The van der Waals surface area contributed by atoms with Gasteiger partial charge >= 0.3 is 0 Å². The van der Waals surface area contributed by atoms with Gasteiger partial charge in [-0.1, -0.05) is 27.7 Å². The number of hydrogen-bond acceptors (Lipinski definition) is 12. The SMILES string of the molecule is CC(C)c1[nH]ncc1-c1cc2cc(NC(=O)C3C[C@@H]3C#N)ncc2c(N)n1.CC(C)c1[nH]ncc1-c1cc2cc(NC(=O)[C@@H]3C[C@H]3C#N)ncc2c(N)n1. The van der Waals surface area contributed by atoms with Gasteiger partial charge in [0.25, 0.3) is 0 Å². The first-order chi connectivity index (χ1) is 25.9. The number of amides is 2. The summed E-state index contributed by atoms with van der Waals surface area (Å²) in [5.41, 5.74) is 17.5. The number of carbonyl (C=O) groups is 2. The fourth-order valence-corrected chi connectivity index (χ4v) is 6.33. The van der Waals surface area contributed by atoms with Gasteiger partial charge < -0.3 is 22.1 Å². The van der Waals surface area contributed by atoms with Crippen molar-refractivity contribution in [2.24, 2.45) is 23.7 Å². The van der Waals surface area contributed by atoms with E-state index in [4.69, 9.17) is 22.0 Å². The topological polar surface area (TPSA) is 267 Å². The molecule has 0 aromatic carbocycles. The van der Waals surface area contributed by atoms with Gasteiger partial charge in [-0.05, 0) is 59.7 Å². The maximum Gasteiger partial charge on any atom is 0.230 e. The summed E-state index contributed by atoms with van der Waals surface area (Å²) >= 11 is 0. The van der Waals surface area contributed by atoms with E-state index in [1.807, 2.05) is 12.1 Å². The molecule has 6 aromatic heterocycles. The molecule has 8 rings (SSSR count). The van der Waals surface area contributed by atoms with E-state index in [-0.39, 0.29) is 47.3 Å². The van der Waals surface area contributed by atoms with Crippen molar-refractivity contribution in [2.75, 3.05) is 22.1 Å². The minimum Gasteiger partial charge on any atom is -0.383 e. The Morgan fingerprint density at radius 3 is 1.46 bits per heavy atom. The summed E-state index contributed by atoms with van der Waals surface area (Å²) in [7, 11) is 0. The van der Waals surface area contributed by atoms with Crippen molar-refractivity contribution in [1.82, 2.24) is 40.3 Å². The predicted molar refractivity (Wildman–Crippen MR) is 203 cm³/mol. The summed E-state index contributed by atoms with van der Waals surface area (Å²) < 4.78 is 0. The highest BCUT2D eigenvalue weighted by Crippen LogP contribution is 2.40. The molecule has 0 aliphatic heterocycles. The summed E-state index contributed by atoms with van der Waals surface area (Å²) in [4.78, 5) is 41.8. The average Bonchev–Trinajstić information content (AvgIpc) is 4.00. The van der Waals surface area contributed by atoms with Crippen LogP contribution in [0.5, 0.6) is 0 Å². The number of nitrogens with two attached hydrogens (primary N) is 2. The van der Waals surface area contributed by atoms with Gasteiger partial charge in [0.2, 0.25) is 11.8 Å². The van der Waals surface area contributed by atoms with E-state index >= 15 is 0 Å². The number of hydrogen-bond donors (Lipinski definition) is 6. The first kappa shape index (κ1) is 35.5. The van der Waals surface area contributed by atoms with E-state index in [1.165, 1.54) is 0 Å². The number of aromatic amines is 2. The van der Waals surface area contributed by atoms with Crippen molar-refractivity contribution in [3.8, 4) is 34.7 Å². The highest BCUT2D eigenvalue weighted by atomic mass is 16.2. The molecule has 4 atom stereocenters. The van der Waals surface area contributed by atoms with E-state index in [0.717, 1.165) is 33.3 Å². The van der Waals surface area contributed by atoms with Crippen molar-refractivity contribution < 1.29 is 9.59 Å². The molecule has 2 aliphatic carbocycles. The lowest BCUT2D eigenvalue weighted by molar-refractivity contribution is -0.118. The normalized spacial score (nSPS) is 18.4. The van der Waals surface area contributed by atoms with Crippen LogP contribution in [0.2, 0.25) is 0 Å². The maximum atomic E-state index is 12.2. The van der Waals surface area contributed by atoms with Crippen molar-refractivity contribution >= 4 is 56.6 Å². The minimum atomic E-state index is -0.245. The van der Waals surface area contributed by atoms with E-state index in [1.54, 1.807) is 36.9 Å². The van der Waals surface area contributed by atoms with E-state index in [9.17, 15) is 9.59 Å². The molecule has 0 bridgehead atoms. The summed E-state index contributed by atoms with van der Waals surface area (Å²) in [6, 6.07) is 11.6. The molecule has 54 heavy (non-hydrogen) atoms. The number of rotatable bonds is 8. The second-order valence-corrected chi connectivity index (χ2v) is 14.2. The van der Waals surface area contributed by atoms with Crippen LogP contribution in [-0.2, 0) is 9.59 Å². The van der Waals surface area contributed by atoms with Crippen molar-refractivity contribution in [3.05, 3.63) is 60.4 Å². The van der Waals surface area contributed by atoms with Gasteiger partial charge in [-0.15, -0.1) is 0 Å². The summed E-state index contributed by atoms with van der Waals surface area (Å²) in [5.74, 6) is 0.925. The molecule has 16 nitrogen and oxygen atoms in total. The fourth-order valence-electron chi connectivity index (χ4n) is 6.33. The molecule has 2 saturated carbocycles.